The van der Waals surface area contributed by atoms with Gasteiger partial charge in [0.15, 0.2) is 0 Å². The van der Waals surface area contributed by atoms with E-state index in [0.717, 1.165) is 19.3 Å². The highest BCUT2D eigenvalue weighted by Crippen LogP contribution is 2.61. The molecule has 2 aliphatic rings. The molecule has 1 spiro atoms. The van der Waals surface area contributed by atoms with Crippen molar-refractivity contribution in [1.82, 2.24) is 0 Å². The maximum Gasteiger partial charge on any atom is 0.307 e. The van der Waals surface area contributed by atoms with Crippen LogP contribution in [0.1, 0.15) is 43.2 Å². The molecule has 2 nitrogen and oxygen atoms in total. The van der Waals surface area contributed by atoms with Gasteiger partial charge in [-0.15, -0.1) is 0 Å². The minimum Gasteiger partial charge on any atom is -0.481 e. The SMILES string of the molecule is CC1CCC2(CC2C(=O)O)c2ccccc21. The summed E-state index contributed by atoms with van der Waals surface area (Å²) in [6, 6.07) is 8.40. The number of rotatable bonds is 1. The van der Waals surface area contributed by atoms with Crippen LogP contribution in [0.3, 0.4) is 0 Å². The molecule has 0 aliphatic heterocycles. The van der Waals surface area contributed by atoms with Crippen molar-refractivity contribution in [2.45, 2.75) is 37.5 Å². The summed E-state index contributed by atoms with van der Waals surface area (Å²) in [5.74, 6) is -0.178. The first-order valence-corrected chi connectivity index (χ1v) is 5.97. The highest BCUT2D eigenvalue weighted by Gasteiger charge is 2.61. The third-order valence-electron chi connectivity index (χ3n) is 4.42. The molecule has 0 radical (unpaired) electrons. The van der Waals surface area contributed by atoms with E-state index >= 15 is 0 Å². The monoisotopic (exact) mass is 216 g/mol. The molecule has 1 aromatic rings. The van der Waals surface area contributed by atoms with Crippen LogP contribution in [0, 0.1) is 5.92 Å². The van der Waals surface area contributed by atoms with Gasteiger partial charge in [-0.2, -0.15) is 0 Å². The lowest BCUT2D eigenvalue weighted by molar-refractivity contribution is -0.139. The molecule has 3 rings (SSSR count). The minimum atomic E-state index is -0.621. The second-order valence-electron chi connectivity index (χ2n) is 5.28. The lowest BCUT2D eigenvalue weighted by Gasteiger charge is -2.30. The van der Waals surface area contributed by atoms with Crippen LogP contribution >= 0.6 is 0 Å². The highest BCUT2D eigenvalue weighted by atomic mass is 16.4. The fourth-order valence-corrected chi connectivity index (χ4v) is 3.35. The van der Waals surface area contributed by atoms with Crippen LogP contribution in [0.15, 0.2) is 24.3 Å². The van der Waals surface area contributed by atoms with Gasteiger partial charge in [-0.3, -0.25) is 4.79 Å². The zero-order valence-corrected chi connectivity index (χ0v) is 9.44. The summed E-state index contributed by atoms with van der Waals surface area (Å²) in [6.07, 6.45) is 3.01. The molecule has 1 N–H and O–H groups in total. The molecule has 2 aliphatic carbocycles. The predicted octanol–water partition coefficient (Wildman–Crippen LogP) is 2.93. The lowest BCUT2D eigenvalue weighted by atomic mass is 9.74. The Morgan fingerprint density at radius 2 is 2.19 bits per heavy atom. The molecule has 16 heavy (non-hydrogen) atoms. The van der Waals surface area contributed by atoms with Crippen molar-refractivity contribution in [3.8, 4) is 0 Å². The number of hydrogen-bond donors (Lipinski definition) is 1. The van der Waals surface area contributed by atoms with Crippen molar-refractivity contribution in [3.63, 3.8) is 0 Å². The largest absolute Gasteiger partial charge is 0.481 e. The molecule has 2 heteroatoms. The molecule has 0 heterocycles. The molecular weight excluding hydrogens is 200 g/mol. The summed E-state index contributed by atoms with van der Waals surface area (Å²) in [6.45, 7) is 2.24. The van der Waals surface area contributed by atoms with Gasteiger partial charge in [-0.1, -0.05) is 31.2 Å². The number of fused-ring (bicyclic) bond motifs is 2. The van der Waals surface area contributed by atoms with E-state index in [2.05, 4.69) is 25.1 Å². The van der Waals surface area contributed by atoms with Gasteiger partial charge in [0, 0.05) is 5.41 Å². The van der Waals surface area contributed by atoms with E-state index in [0.29, 0.717) is 5.92 Å². The van der Waals surface area contributed by atoms with Crippen LogP contribution in [0.4, 0.5) is 0 Å². The summed E-state index contributed by atoms with van der Waals surface area (Å²) in [5, 5.41) is 9.16. The van der Waals surface area contributed by atoms with Gasteiger partial charge in [-0.25, -0.2) is 0 Å². The molecule has 1 aromatic carbocycles. The van der Waals surface area contributed by atoms with Crippen LogP contribution < -0.4 is 0 Å². The molecular formula is C14H16O2. The van der Waals surface area contributed by atoms with E-state index in [1.165, 1.54) is 11.1 Å². The lowest BCUT2D eigenvalue weighted by Crippen LogP contribution is -2.22. The standard InChI is InChI=1S/C14H16O2/c1-9-6-7-14(8-12(14)13(15)16)11-5-3-2-4-10(9)11/h2-5,9,12H,6-8H2,1H3,(H,15,16). The second kappa shape index (κ2) is 3.09. The van der Waals surface area contributed by atoms with Gasteiger partial charge in [0.25, 0.3) is 0 Å². The average molecular weight is 216 g/mol. The molecule has 1 saturated carbocycles. The predicted molar refractivity (Wildman–Crippen MR) is 61.5 cm³/mol. The van der Waals surface area contributed by atoms with E-state index < -0.39 is 5.97 Å². The fraction of sp³-hybridized carbons (Fsp3) is 0.500. The Hall–Kier alpha value is -1.31. The van der Waals surface area contributed by atoms with E-state index in [4.69, 9.17) is 5.11 Å². The molecule has 0 aromatic heterocycles. The summed E-state index contributed by atoms with van der Waals surface area (Å²) >= 11 is 0. The summed E-state index contributed by atoms with van der Waals surface area (Å²) in [4.78, 5) is 11.1. The number of benzene rings is 1. The van der Waals surface area contributed by atoms with Crippen molar-refractivity contribution >= 4 is 5.97 Å². The van der Waals surface area contributed by atoms with Crippen LogP contribution in [0.5, 0.6) is 0 Å². The van der Waals surface area contributed by atoms with E-state index in [1.807, 2.05) is 6.07 Å². The van der Waals surface area contributed by atoms with E-state index in [9.17, 15) is 4.79 Å². The first-order valence-electron chi connectivity index (χ1n) is 5.97. The maximum atomic E-state index is 11.1. The van der Waals surface area contributed by atoms with Gasteiger partial charge < -0.3 is 5.11 Å². The Bertz CT molecular complexity index is 452. The number of hydrogen-bond acceptors (Lipinski definition) is 1. The second-order valence-corrected chi connectivity index (χ2v) is 5.28. The van der Waals surface area contributed by atoms with Crippen molar-refractivity contribution < 1.29 is 9.90 Å². The van der Waals surface area contributed by atoms with E-state index in [-0.39, 0.29) is 11.3 Å². The Kier molecular flexibility index (Phi) is 1.91. The zero-order chi connectivity index (χ0) is 11.3. The quantitative estimate of drug-likeness (QED) is 0.783. The molecule has 0 saturated heterocycles. The number of aliphatic carboxylic acids is 1. The molecule has 0 amide bonds. The van der Waals surface area contributed by atoms with Crippen LogP contribution in [-0.2, 0) is 10.2 Å². The van der Waals surface area contributed by atoms with E-state index in [1.54, 1.807) is 0 Å². The fourth-order valence-electron chi connectivity index (χ4n) is 3.35. The van der Waals surface area contributed by atoms with Crippen molar-refractivity contribution in [2.24, 2.45) is 5.92 Å². The maximum absolute atomic E-state index is 11.1. The molecule has 3 unspecified atom stereocenters. The van der Waals surface area contributed by atoms with Crippen molar-refractivity contribution in [2.75, 3.05) is 0 Å². The van der Waals surface area contributed by atoms with Crippen molar-refractivity contribution in [3.05, 3.63) is 35.4 Å². The van der Waals surface area contributed by atoms with Crippen LogP contribution in [0.2, 0.25) is 0 Å². The van der Waals surface area contributed by atoms with Crippen LogP contribution in [0.25, 0.3) is 0 Å². The first-order chi connectivity index (χ1) is 7.65. The Balaban J connectivity index is 2.07. The number of carboxylic acid groups (broad SMARTS) is 1. The Morgan fingerprint density at radius 3 is 2.88 bits per heavy atom. The molecule has 84 valence electrons. The third-order valence-corrected chi connectivity index (χ3v) is 4.42. The molecule has 0 bridgehead atoms. The van der Waals surface area contributed by atoms with Gasteiger partial charge in [0.2, 0.25) is 0 Å². The van der Waals surface area contributed by atoms with Gasteiger partial charge in [0.05, 0.1) is 5.92 Å². The molecule has 1 fully saturated rings. The van der Waals surface area contributed by atoms with Crippen LogP contribution in [-0.4, -0.2) is 11.1 Å². The number of carboxylic acids is 1. The zero-order valence-electron chi connectivity index (χ0n) is 9.44. The Morgan fingerprint density at radius 1 is 1.44 bits per heavy atom. The van der Waals surface area contributed by atoms with Crippen molar-refractivity contribution in [1.29, 1.82) is 0 Å². The first kappa shape index (κ1) is 9.88. The minimum absolute atomic E-state index is 0.0189. The topological polar surface area (TPSA) is 37.3 Å². The summed E-state index contributed by atoms with van der Waals surface area (Å²) in [7, 11) is 0. The van der Waals surface area contributed by atoms with Gasteiger partial charge in [-0.05, 0) is 36.3 Å². The number of carbonyl (C=O) groups is 1. The summed E-state index contributed by atoms with van der Waals surface area (Å²) < 4.78 is 0. The Labute approximate surface area is 95.3 Å². The summed E-state index contributed by atoms with van der Waals surface area (Å²) in [5.41, 5.74) is 2.66. The normalized spacial score (nSPS) is 35.8. The van der Waals surface area contributed by atoms with Gasteiger partial charge >= 0.3 is 5.97 Å². The smallest absolute Gasteiger partial charge is 0.307 e. The average Bonchev–Trinajstić information content (AvgIpc) is 3.01. The third kappa shape index (κ3) is 1.16. The molecule has 3 atom stereocenters. The van der Waals surface area contributed by atoms with Gasteiger partial charge in [0.1, 0.15) is 0 Å². The highest BCUT2D eigenvalue weighted by molar-refractivity contribution is 5.77.